The highest BCUT2D eigenvalue weighted by Gasteiger charge is 2.16. The van der Waals surface area contributed by atoms with E-state index in [0.717, 1.165) is 48.4 Å². The minimum absolute atomic E-state index is 0.257. The molecule has 0 bridgehead atoms. The van der Waals surface area contributed by atoms with Crippen molar-refractivity contribution in [3.8, 4) is 0 Å². The molecule has 1 N–H and O–H groups in total. The highest BCUT2D eigenvalue weighted by atomic mass is 79.9. The predicted octanol–water partition coefficient (Wildman–Crippen LogP) is 2.76. The van der Waals surface area contributed by atoms with Crippen LogP contribution in [0.1, 0.15) is 11.1 Å². The lowest BCUT2D eigenvalue weighted by atomic mass is 10.1. The van der Waals surface area contributed by atoms with Gasteiger partial charge in [0.15, 0.2) is 0 Å². The number of ether oxygens (including phenoxy) is 1. The lowest BCUT2D eigenvalue weighted by Gasteiger charge is -2.27. The van der Waals surface area contributed by atoms with E-state index in [2.05, 4.69) is 31.6 Å². The SMILES string of the molecule is O=S(=O)(NCc1ccccc1CN1CCOCC1)c1cccc(Br)c1. The zero-order valence-electron chi connectivity index (χ0n) is 13.8. The molecule has 0 unspecified atom stereocenters. The second-order valence-electron chi connectivity index (χ2n) is 5.94. The number of hydrogen-bond acceptors (Lipinski definition) is 4. The Morgan fingerprint density at radius 1 is 1.04 bits per heavy atom. The third-order valence-corrected chi connectivity index (χ3v) is 6.07. The molecule has 7 heteroatoms. The van der Waals surface area contributed by atoms with Crippen molar-refractivity contribution in [1.82, 2.24) is 9.62 Å². The fraction of sp³-hybridized carbons (Fsp3) is 0.333. The Labute approximate surface area is 157 Å². The maximum Gasteiger partial charge on any atom is 0.240 e. The van der Waals surface area contributed by atoms with Crippen molar-refractivity contribution >= 4 is 26.0 Å². The van der Waals surface area contributed by atoms with Gasteiger partial charge < -0.3 is 4.74 Å². The lowest BCUT2D eigenvalue weighted by Crippen LogP contribution is -2.36. The molecule has 3 rings (SSSR count). The van der Waals surface area contributed by atoms with Crippen molar-refractivity contribution in [2.75, 3.05) is 26.3 Å². The summed E-state index contributed by atoms with van der Waals surface area (Å²) in [6.45, 7) is 4.37. The Hall–Kier alpha value is -1.25. The molecule has 0 radical (unpaired) electrons. The Morgan fingerprint density at radius 2 is 1.76 bits per heavy atom. The van der Waals surface area contributed by atoms with Gasteiger partial charge in [-0.15, -0.1) is 0 Å². The van der Waals surface area contributed by atoms with E-state index in [9.17, 15) is 8.42 Å². The Kier molecular flexibility index (Phi) is 6.24. The first-order chi connectivity index (χ1) is 12.0. The normalized spacial score (nSPS) is 16.0. The maximum absolute atomic E-state index is 12.5. The molecule has 1 aliphatic heterocycles. The molecule has 0 aromatic heterocycles. The summed E-state index contributed by atoms with van der Waals surface area (Å²) in [6.07, 6.45) is 0. The van der Waals surface area contributed by atoms with Crippen LogP contribution in [-0.4, -0.2) is 39.6 Å². The number of nitrogens with one attached hydrogen (secondary N) is 1. The number of hydrogen-bond donors (Lipinski definition) is 1. The van der Waals surface area contributed by atoms with Gasteiger partial charge in [0.1, 0.15) is 0 Å². The molecule has 0 aliphatic carbocycles. The van der Waals surface area contributed by atoms with Gasteiger partial charge in [0.05, 0.1) is 18.1 Å². The average molecular weight is 425 g/mol. The Morgan fingerprint density at radius 3 is 2.48 bits per heavy atom. The molecule has 2 aromatic rings. The van der Waals surface area contributed by atoms with Crippen LogP contribution in [0.5, 0.6) is 0 Å². The van der Waals surface area contributed by atoms with E-state index in [-0.39, 0.29) is 11.4 Å². The first-order valence-corrected chi connectivity index (χ1v) is 10.4. The first-order valence-electron chi connectivity index (χ1n) is 8.17. The van der Waals surface area contributed by atoms with Crippen molar-refractivity contribution in [3.63, 3.8) is 0 Å². The van der Waals surface area contributed by atoms with E-state index in [1.807, 2.05) is 18.2 Å². The molecule has 25 heavy (non-hydrogen) atoms. The number of halogens is 1. The lowest BCUT2D eigenvalue weighted by molar-refractivity contribution is 0.0341. The van der Waals surface area contributed by atoms with Crippen LogP contribution in [0.4, 0.5) is 0 Å². The Balaban J connectivity index is 1.70. The standard InChI is InChI=1S/C18H21BrN2O3S/c19-17-6-3-7-18(12-17)25(22,23)20-13-15-4-1-2-5-16(15)14-21-8-10-24-11-9-21/h1-7,12,20H,8-11,13-14H2. The number of sulfonamides is 1. The van der Waals surface area contributed by atoms with Crippen LogP contribution in [0.2, 0.25) is 0 Å². The van der Waals surface area contributed by atoms with E-state index in [4.69, 9.17) is 4.74 Å². The topological polar surface area (TPSA) is 58.6 Å². The van der Waals surface area contributed by atoms with Crippen LogP contribution in [0, 0.1) is 0 Å². The van der Waals surface area contributed by atoms with Crippen LogP contribution in [-0.2, 0) is 27.8 Å². The molecule has 1 heterocycles. The van der Waals surface area contributed by atoms with Gasteiger partial charge in [0.25, 0.3) is 0 Å². The summed E-state index contributed by atoms with van der Waals surface area (Å²) in [5, 5.41) is 0. The first kappa shape index (κ1) is 18.5. The summed E-state index contributed by atoms with van der Waals surface area (Å²) in [5.74, 6) is 0. The predicted molar refractivity (Wildman–Crippen MR) is 101 cm³/mol. The largest absolute Gasteiger partial charge is 0.379 e. The van der Waals surface area contributed by atoms with Gasteiger partial charge in [-0.3, -0.25) is 4.90 Å². The zero-order valence-corrected chi connectivity index (χ0v) is 16.2. The zero-order chi connectivity index (χ0) is 17.7. The van der Waals surface area contributed by atoms with Crippen LogP contribution in [0.15, 0.2) is 57.9 Å². The molecule has 1 aliphatic rings. The van der Waals surface area contributed by atoms with E-state index >= 15 is 0 Å². The van der Waals surface area contributed by atoms with Crippen LogP contribution >= 0.6 is 15.9 Å². The fourth-order valence-corrected chi connectivity index (χ4v) is 4.38. The summed E-state index contributed by atoms with van der Waals surface area (Å²) in [7, 11) is -3.54. The van der Waals surface area contributed by atoms with Crippen molar-refractivity contribution in [2.24, 2.45) is 0 Å². The summed E-state index contributed by atoms with van der Waals surface area (Å²) >= 11 is 3.31. The monoisotopic (exact) mass is 424 g/mol. The second kappa shape index (κ2) is 8.42. The minimum Gasteiger partial charge on any atom is -0.379 e. The van der Waals surface area contributed by atoms with Crippen LogP contribution in [0.25, 0.3) is 0 Å². The van der Waals surface area contributed by atoms with Crippen LogP contribution < -0.4 is 4.72 Å². The van der Waals surface area contributed by atoms with Gasteiger partial charge >= 0.3 is 0 Å². The molecule has 5 nitrogen and oxygen atoms in total. The average Bonchev–Trinajstić information content (AvgIpc) is 2.62. The van der Waals surface area contributed by atoms with E-state index in [1.165, 1.54) is 0 Å². The Bertz CT molecular complexity index is 821. The molecular weight excluding hydrogens is 404 g/mol. The van der Waals surface area contributed by atoms with Crippen molar-refractivity contribution in [2.45, 2.75) is 18.0 Å². The van der Waals surface area contributed by atoms with Gasteiger partial charge in [0.2, 0.25) is 10.0 Å². The smallest absolute Gasteiger partial charge is 0.240 e. The molecule has 1 saturated heterocycles. The highest BCUT2D eigenvalue weighted by molar-refractivity contribution is 9.10. The molecule has 0 atom stereocenters. The molecule has 0 spiro atoms. The van der Waals surface area contributed by atoms with Gasteiger partial charge in [0, 0.05) is 30.7 Å². The molecule has 1 fully saturated rings. The molecule has 0 amide bonds. The fourth-order valence-electron chi connectivity index (χ4n) is 2.77. The van der Waals surface area contributed by atoms with Crippen molar-refractivity contribution in [1.29, 1.82) is 0 Å². The minimum atomic E-state index is -3.54. The number of morpholine rings is 1. The third kappa shape index (κ3) is 5.12. The van der Waals surface area contributed by atoms with E-state index in [1.54, 1.807) is 24.3 Å². The van der Waals surface area contributed by atoms with Gasteiger partial charge in [-0.2, -0.15) is 0 Å². The van der Waals surface area contributed by atoms with Gasteiger partial charge in [-0.1, -0.05) is 46.3 Å². The van der Waals surface area contributed by atoms with E-state index < -0.39 is 10.0 Å². The molecule has 134 valence electrons. The summed E-state index contributed by atoms with van der Waals surface area (Å²) < 4.78 is 33.8. The number of rotatable bonds is 6. The van der Waals surface area contributed by atoms with Gasteiger partial charge in [-0.25, -0.2) is 13.1 Å². The quantitative estimate of drug-likeness (QED) is 0.774. The molecular formula is C18H21BrN2O3S. The van der Waals surface area contributed by atoms with Crippen LogP contribution in [0.3, 0.4) is 0 Å². The molecule has 0 saturated carbocycles. The third-order valence-electron chi connectivity index (χ3n) is 4.18. The maximum atomic E-state index is 12.5. The molecule has 2 aromatic carbocycles. The van der Waals surface area contributed by atoms with Crippen molar-refractivity contribution in [3.05, 3.63) is 64.1 Å². The van der Waals surface area contributed by atoms with E-state index in [0.29, 0.717) is 0 Å². The van der Waals surface area contributed by atoms with Crippen molar-refractivity contribution < 1.29 is 13.2 Å². The highest BCUT2D eigenvalue weighted by Crippen LogP contribution is 2.17. The summed E-state index contributed by atoms with van der Waals surface area (Å²) in [6, 6.07) is 14.7. The van der Waals surface area contributed by atoms with Gasteiger partial charge in [-0.05, 0) is 29.3 Å². The summed E-state index contributed by atoms with van der Waals surface area (Å²) in [4.78, 5) is 2.58. The summed E-state index contributed by atoms with van der Waals surface area (Å²) in [5.41, 5.74) is 2.13. The second-order valence-corrected chi connectivity index (χ2v) is 8.62. The number of benzene rings is 2. The number of nitrogens with zero attached hydrogens (tertiary/aromatic N) is 1.